The van der Waals surface area contributed by atoms with Crippen molar-refractivity contribution in [2.24, 2.45) is 0 Å². The lowest BCUT2D eigenvalue weighted by atomic mass is 10.1. The summed E-state index contributed by atoms with van der Waals surface area (Å²) in [5.41, 5.74) is 2.63. The number of methoxy groups -OCH3 is 1. The van der Waals surface area contributed by atoms with Crippen LogP contribution in [0.3, 0.4) is 0 Å². The van der Waals surface area contributed by atoms with Crippen molar-refractivity contribution in [3.8, 4) is 5.75 Å². The Labute approximate surface area is 116 Å². The molecule has 0 radical (unpaired) electrons. The molecule has 0 saturated heterocycles. The summed E-state index contributed by atoms with van der Waals surface area (Å²) in [7, 11) is 3.72. The normalized spacial score (nSPS) is 10.6. The number of unbranched alkanes of at least 4 members (excludes halogenated alkanes) is 2. The Hall–Kier alpha value is -0.670. The third-order valence-electron chi connectivity index (χ3n) is 2.88. The minimum atomic E-state index is 0.914. The van der Waals surface area contributed by atoms with Gasteiger partial charge >= 0.3 is 0 Å². The van der Waals surface area contributed by atoms with Crippen LogP contribution in [-0.4, -0.2) is 19.9 Å². The van der Waals surface area contributed by atoms with Crippen LogP contribution in [0.25, 0.3) is 0 Å². The molecule has 1 aromatic carbocycles. The molecule has 0 heterocycles. The first-order valence-corrected chi connectivity index (χ1v) is 7.85. The van der Waals surface area contributed by atoms with E-state index < -0.39 is 0 Å². The van der Waals surface area contributed by atoms with E-state index >= 15 is 0 Å². The Kier molecular flexibility index (Phi) is 7.94. The molecule has 0 aliphatic heterocycles. The Morgan fingerprint density at radius 1 is 1.28 bits per heavy atom. The second-order valence-corrected chi connectivity index (χ2v) is 5.54. The summed E-state index contributed by atoms with van der Waals surface area (Å²) in [4.78, 5) is 0. The van der Waals surface area contributed by atoms with Gasteiger partial charge in [-0.25, -0.2) is 0 Å². The third kappa shape index (κ3) is 5.32. The molecule has 1 rings (SSSR count). The maximum absolute atomic E-state index is 5.42. The van der Waals surface area contributed by atoms with Crippen LogP contribution in [0.2, 0.25) is 0 Å². The highest BCUT2D eigenvalue weighted by Crippen LogP contribution is 2.25. The minimum Gasteiger partial charge on any atom is -0.496 e. The van der Waals surface area contributed by atoms with Crippen LogP contribution < -0.4 is 10.1 Å². The van der Waals surface area contributed by atoms with E-state index in [2.05, 4.69) is 30.4 Å². The molecule has 0 aliphatic rings. The van der Waals surface area contributed by atoms with Crippen molar-refractivity contribution in [1.82, 2.24) is 5.32 Å². The highest BCUT2D eigenvalue weighted by atomic mass is 32.2. The monoisotopic (exact) mass is 267 g/mol. The average Bonchev–Trinajstić information content (AvgIpc) is 2.39. The first kappa shape index (κ1) is 15.4. The number of ether oxygens (including phenoxy) is 1. The molecular weight excluding hydrogens is 242 g/mol. The summed E-state index contributed by atoms with van der Waals surface area (Å²) in [6.07, 6.45) is 3.95. The van der Waals surface area contributed by atoms with Gasteiger partial charge in [0.25, 0.3) is 0 Å². The van der Waals surface area contributed by atoms with Gasteiger partial charge < -0.3 is 10.1 Å². The fourth-order valence-corrected chi connectivity index (χ4v) is 2.89. The summed E-state index contributed by atoms with van der Waals surface area (Å²) in [6, 6.07) is 6.46. The zero-order valence-corrected chi connectivity index (χ0v) is 12.6. The summed E-state index contributed by atoms with van der Waals surface area (Å²) in [5, 5.41) is 3.19. The SMILES string of the molecule is CCCCCSCc1cc(CNC)ccc1OC. The maximum atomic E-state index is 5.42. The van der Waals surface area contributed by atoms with E-state index in [0.29, 0.717) is 0 Å². The van der Waals surface area contributed by atoms with Crippen LogP contribution >= 0.6 is 11.8 Å². The number of nitrogens with one attached hydrogen (secondary N) is 1. The molecule has 1 N–H and O–H groups in total. The van der Waals surface area contributed by atoms with Gasteiger partial charge in [0.05, 0.1) is 7.11 Å². The van der Waals surface area contributed by atoms with Crippen LogP contribution in [0, 0.1) is 0 Å². The molecule has 0 bridgehead atoms. The highest BCUT2D eigenvalue weighted by Gasteiger charge is 2.04. The molecule has 18 heavy (non-hydrogen) atoms. The molecule has 0 saturated carbocycles. The fourth-order valence-electron chi connectivity index (χ4n) is 1.90. The summed E-state index contributed by atoms with van der Waals surface area (Å²) in [6.45, 7) is 3.16. The van der Waals surface area contributed by atoms with Crippen molar-refractivity contribution in [1.29, 1.82) is 0 Å². The van der Waals surface area contributed by atoms with Gasteiger partial charge in [-0.05, 0) is 36.9 Å². The minimum absolute atomic E-state index is 0.914. The molecule has 0 aliphatic carbocycles. The summed E-state index contributed by atoms with van der Waals surface area (Å²) in [5.74, 6) is 3.30. The van der Waals surface area contributed by atoms with E-state index in [-0.39, 0.29) is 0 Å². The molecule has 0 aromatic heterocycles. The number of thioether (sulfide) groups is 1. The predicted molar refractivity (Wildman–Crippen MR) is 81.4 cm³/mol. The van der Waals surface area contributed by atoms with Crippen LogP contribution in [0.1, 0.15) is 37.3 Å². The standard InChI is InChI=1S/C15H25NOS/c1-4-5-6-9-18-12-14-10-13(11-16-2)7-8-15(14)17-3/h7-8,10,16H,4-6,9,11-12H2,1-3H3. The van der Waals surface area contributed by atoms with Crippen molar-refractivity contribution in [2.45, 2.75) is 38.5 Å². The quantitative estimate of drug-likeness (QED) is 0.687. The lowest BCUT2D eigenvalue weighted by Crippen LogP contribution is -2.05. The van der Waals surface area contributed by atoms with Gasteiger partial charge in [-0.1, -0.05) is 25.8 Å². The molecule has 2 nitrogen and oxygen atoms in total. The second-order valence-electron chi connectivity index (χ2n) is 4.44. The Balaban J connectivity index is 2.52. The Morgan fingerprint density at radius 3 is 2.78 bits per heavy atom. The van der Waals surface area contributed by atoms with Crippen LogP contribution in [0.4, 0.5) is 0 Å². The number of hydrogen-bond donors (Lipinski definition) is 1. The Morgan fingerprint density at radius 2 is 2.11 bits per heavy atom. The molecule has 0 amide bonds. The number of hydrogen-bond acceptors (Lipinski definition) is 3. The van der Waals surface area contributed by atoms with Gasteiger partial charge in [-0.3, -0.25) is 0 Å². The van der Waals surface area contributed by atoms with E-state index in [0.717, 1.165) is 18.0 Å². The van der Waals surface area contributed by atoms with E-state index in [9.17, 15) is 0 Å². The van der Waals surface area contributed by atoms with Crippen molar-refractivity contribution < 1.29 is 4.74 Å². The smallest absolute Gasteiger partial charge is 0.122 e. The van der Waals surface area contributed by atoms with Gasteiger partial charge in [-0.15, -0.1) is 0 Å². The van der Waals surface area contributed by atoms with Gasteiger partial charge in [-0.2, -0.15) is 11.8 Å². The zero-order chi connectivity index (χ0) is 13.2. The van der Waals surface area contributed by atoms with Crippen LogP contribution in [-0.2, 0) is 12.3 Å². The Bertz CT molecular complexity index is 341. The lowest BCUT2D eigenvalue weighted by Gasteiger charge is -2.10. The van der Waals surface area contributed by atoms with Crippen LogP contribution in [0.15, 0.2) is 18.2 Å². The molecule has 102 valence electrons. The summed E-state index contributed by atoms with van der Waals surface area (Å²) < 4.78 is 5.42. The van der Waals surface area contributed by atoms with Crippen molar-refractivity contribution >= 4 is 11.8 Å². The second kappa shape index (κ2) is 9.29. The molecule has 0 fully saturated rings. The molecular formula is C15H25NOS. The van der Waals surface area contributed by atoms with Crippen molar-refractivity contribution in [3.63, 3.8) is 0 Å². The fraction of sp³-hybridized carbons (Fsp3) is 0.600. The summed E-state index contributed by atoms with van der Waals surface area (Å²) >= 11 is 2.00. The van der Waals surface area contributed by atoms with Crippen molar-refractivity contribution in [3.05, 3.63) is 29.3 Å². The van der Waals surface area contributed by atoms with Gasteiger partial charge in [0.15, 0.2) is 0 Å². The first-order valence-electron chi connectivity index (χ1n) is 6.70. The van der Waals surface area contributed by atoms with Gasteiger partial charge in [0.2, 0.25) is 0 Å². The predicted octanol–water partition coefficient (Wildman–Crippen LogP) is 3.84. The van der Waals surface area contributed by atoms with Crippen LogP contribution in [0.5, 0.6) is 5.75 Å². The van der Waals surface area contributed by atoms with E-state index in [4.69, 9.17) is 4.74 Å². The largest absolute Gasteiger partial charge is 0.496 e. The number of benzene rings is 1. The topological polar surface area (TPSA) is 21.3 Å². The molecule has 1 aromatic rings. The number of rotatable bonds is 9. The zero-order valence-electron chi connectivity index (χ0n) is 11.8. The molecule has 0 unspecified atom stereocenters. The van der Waals surface area contributed by atoms with E-state index in [1.54, 1.807) is 7.11 Å². The third-order valence-corrected chi connectivity index (χ3v) is 3.97. The lowest BCUT2D eigenvalue weighted by molar-refractivity contribution is 0.411. The maximum Gasteiger partial charge on any atom is 0.122 e. The molecule has 3 heteroatoms. The van der Waals surface area contributed by atoms with Crippen molar-refractivity contribution in [2.75, 3.05) is 19.9 Å². The first-order chi connectivity index (χ1) is 8.81. The van der Waals surface area contributed by atoms with E-state index in [1.807, 2.05) is 18.8 Å². The molecule has 0 spiro atoms. The average molecular weight is 267 g/mol. The highest BCUT2D eigenvalue weighted by molar-refractivity contribution is 7.98. The molecule has 0 atom stereocenters. The van der Waals surface area contributed by atoms with Gasteiger partial charge in [0, 0.05) is 17.9 Å². The van der Waals surface area contributed by atoms with E-state index in [1.165, 1.54) is 36.1 Å². The van der Waals surface area contributed by atoms with Gasteiger partial charge in [0.1, 0.15) is 5.75 Å².